The highest BCUT2D eigenvalue weighted by molar-refractivity contribution is 6.30. The van der Waals surface area contributed by atoms with Crippen molar-refractivity contribution in [3.63, 3.8) is 0 Å². The lowest BCUT2D eigenvalue weighted by Gasteiger charge is -2.33. The Labute approximate surface area is 201 Å². The molecule has 0 aliphatic carbocycles. The summed E-state index contributed by atoms with van der Waals surface area (Å²) in [5.74, 6) is -0.535. The molecule has 1 atom stereocenters. The Balaban J connectivity index is 2.34. The number of hydrogen-bond donors (Lipinski definition) is 2. The van der Waals surface area contributed by atoms with Crippen molar-refractivity contribution in [2.24, 2.45) is 5.41 Å². The van der Waals surface area contributed by atoms with Gasteiger partial charge in [0.05, 0.1) is 41.4 Å². The van der Waals surface area contributed by atoms with Gasteiger partial charge in [-0.1, -0.05) is 44.5 Å². The number of hydrogen-bond acceptors (Lipinski definition) is 5. The van der Waals surface area contributed by atoms with Crippen molar-refractivity contribution in [1.82, 2.24) is 4.57 Å². The van der Waals surface area contributed by atoms with Gasteiger partial charge in [0.2, 0.25) is 5.43 Å². The second-order valence-electron chi connectivity index (χ2n) is 8.96. The Kier molecular flexibility index (Phi) is 7.53. The number of aromatic nitrogens is 1. The molecular weight excluding hydrogens is 465 g/mol. The van der Waals surface area contributed by atoms with Crippen LogP contribution in [0.1, 0.15) is 44.9 Å². The summed E-state index contributed by atoms with van der Waals surface area (Å²) in [5, 5.41) is 19.4. The zero-order valence-electron chi connectivity index (χ0n) is 19.4. The quantitative estimate of drug-likeness (QED) is 0.428. The van der Waals surface area contributed by atoms with Gasteiger partial charge in [0, 0.05) is 12.5 Å². The smallest absolute Gasteiger partial charge is 0.494 e. The van der Waals surface area contributed by atoms with Crippen LogP contribution in [0, 0.1) is 11.2 Å². The summed E-state index contributed by atoms with van der Waals surface area (Å²) in [6, 6.07) is 7.34. The lowest BCUT2D eigenvalue weighted by Crippen LogP contribution is -2.29. The number of nitrogens with zero attached hydrogens (tertiary/aromatic N) is 1. The van der Waals surface area contributed by atoms with Gasteiger partial charge in [0.1, 0.15) is 11.6 Å². The van der Waals surface area contributed by atoms with Crippen LogP contribution in [0.3, 0.4) is 0 Å². The van der Waals surface area contributed by atoms with E-state index in [1.807, 2.05) is 20.8 Å². The van der Waals surface area contributed by atoms with Crippen molar-refractivity contribution < 1.29 is 28.9 Å². The molecule has 0 aliphatic heterocycles. The Hall–Kier alpha value is -3.10. The first-order valence-electron chi connectivity index (χ1n) is 10.8. The molecule has 34 heavy (non-hydrogen) atoms. The Bertz CT molecular complexity index is 1280. The van der Waals surface area contributed by atoms with Crippen LogP contribution < -0.4 is 14.9 Å². The molecule has 3 aromatic rings. The third-order valence-corrected chi connectivity index (χ3v) is 5.89. The molecule has 0 saturated carbocycles. The summed E-state index contributed by atoms with van der Waals surface area (Å²) in [7, 11) is 0. The summed E-state index contributed by atoms with van der Waals surface area (Å²) in [6.45, 7) is 7.59. The molecule has 0 bridgehead atoms. The number of carboxylic acid groups (broad SMARTS) is 1. The van der Waals surface area contributed by atoms with Gasteiger partial charge >= 0.3 is 6.16 Å². The van der Waals surface area contributed by atoms with Crippen molar-refractivity contribution in [3.05, 3.63) is 68.7 Å². The zero-order chi connectivity index (χ0) is 25.2. The summed E-state index contributed by atoms with van der Waals surface area (Å²) < 4.78 is 26.8. The van der Waals surface area contributed by atoms with Gasteiger partial charge in [-0.15, -0.1) is 0 Å². The van der Waals surface area contributed by atoms with E-state index in [4.69, 9.17) is 26.2 Å². The fraction of sp³-hybridized carbons (Fsp3) is 0.360. The fourth-order valence-corrected chi connectivity index (χ4v) is 4.11. The number of halogens is 2. The fourth-order valence-electron chi connectivity index (χ4n) is 3.92. The highest BCUT2D eigenvalue weighted by Gasteiger charge is 2.28. The maximum Gasteiger partial charge on any atom is 0.511 e. The Morgan fingerprint density at radius 1 is 1.21 bits per heavy atom. The second-order valence-corrected chi connectivity index (χ2v) is 9.37. The molecule has 0 aliphatic rings. The number of benzene rings is 2. The van der Waals surface area contributed by atoms with Gasteiger partial charge in [-0.25, -0.2) is 9.18 Å². The minimum absolute atomic E-state index is 0.0216. The minimum atomic E-state index is -1.63. The lowest BCUT2D eigenvalue weighted by molar-refractivity contribution is 0.136. The molecule has 0 spiro atoms. The summed E-state index contributed by atoms with van der Waals surface area (Å²) in [5.41, 5.74) is 0.161. The van der Waals surface area contributed by atoms with E-state index >= 15 is 0 Å². The maximum atomic E-state index is 14.6. The molecule has 0 amide bonds. The van der Waals surface area contributed by atoms with Crippen molar-refractivity contribution in [1.29, 1.82) is 0 Å². The average Bonchev–Trinajstić information content (AvgIpc) is 2.74. The maximum absolute atomic E-state index is 14.6. The first kappa shape index (κ1) is 25.5. The SMILES string of the molecule is CCOc1cc2c(cc1Cc1cccc(Cl)c1F)c(=O)c(OC(=O)O)cn2[C@H](CO)C(C)(C)C. The average molecular weight is 492 g/mol. The monoisotopic (exact) mass is 491 g/mol. The molecule has 182 valence electrons. The first-order valence-corrected chi connectivity index (χ1v) is 11.1. The molecular formula is C25H27ClFNO6. The number of rotatable bonds is 7. The molecule has 0 saturated heterocycles. The molecule has 7 nitrogen and oxygen atoms in total. The van der Waals surface area contributed by atoms with Crippen LogP contribution in [-0.4, -0.2) is 34.1 Å². The van der Waals surface area contributed by atoms with Crippen LogP contribution >= 0.6 is 11.6 Å². The van der Waals surface area contributed by atoms with Gasteiger partial charge in [-0.05, 0) is 35.6 Å². The van der Waals surface area contributed by atoms with Crippen LogP contribution in [0.25, 0.3) is 10.9 Å². The van der Waals surface area contributed by atoms with E-state index in [0.29, 0.717) is 29.0 Å². The van der Waals surface area contributed by atoms with Gasteiger partial charge in [-0.3, -0.25) is 4.79 Å². The van der Waals surface area contributed by atoms with E-state index < -0.39 is 34.6 Å². The summed E-state index contributed by atoms with van der Waals surface area (Å²) in [4.78, 5) is 24.4. The van der Waals surface area contributed by atoms with Gasteiger partial charge < -0.3 is 24.3 Å². The summed E-state index contributed by atoms with van der Waals surface area (Å²) in [6.07, 6.45) is -0.257. The molecule has 1 aromatic heterocycles. The largest absolute Gasteiger partial charge is 0.511 e. The van der Waals surface area contributed by atoms with E-state index in [9.17, 15) is 19.1 Å². The molecule has 0 unspecified atom stereocenters. The molecule has 2 aromatic carbocycles. The number of pyridine rings is 1. The number of aliphatic hydroxyl groups excluding tert-OH is 1. The molecule has 9 heteroatoms. The predicted octanol–water partition coefficient (Wildman–Crippen LogP) is 5.42. The minimum Gasteiger partial charge on any atom is -0.494 e. The lowest BCUT2D eigenvalue weighted by atomic mass is 9.86. The molecule has 0 radical (unpaired) electrons. The van der Waals surface area contributed by atoms with E-state index in [1.54, 1.807) is 35.8 Å². The van der Waals surface area contributed by atoms with Gasteiger partial charge in [0.15, 0.2) is 5.75 Å². The van der Waals surface area contributed by atoms with E-state index in [1.165, 1.54) is 12.3 Å². The Morgan fingerprint density at radius 3 is 2.50 bits per heavy atom. The van der Waals surface area contributed by atoms with Gasteiger partial charge in [-0.2, -0.15) is 0 Å². The number of carbonyl (C=O) groups is 1. The summed E-state index contributed by atoms with van der Waals surface area (Å²) >= 11 is 5.93. The standard InChI is InChI=1S/C25H27ClFNO6/c1-5-33-19-11-18-16(10-15(19)9-14-7-6-8-17(26)22(14)27)23(30)20(34-24(31)32)12-28(18)21(13-29)25(2,3)4/h6-8,10-12,21,29H,5,9,13H2,1-4H3,(H,31,32)/t21-/m1/s1. The van der Waals surface area contributed by atoms with E-state index in [-0.39, 0.29) is 23.4 Å². The highest BCUT2D eigenvalue weighted by Crippen LogP contribution is 2.36. The number of aliphatic hydroxyl groups is 1. The van der Waals surface area contributed by atoms with Crippen LogP contribution in [0.2, 0.25) is 5.02 Å². The van der Waals surface area contributed by atoms with E-state index in [0.717, 1.165) is 0 Å². The first-order chi connectivity index (χ1) is 16.0. The van der Waals surface area contributed by atoms with Crippen molar-refractivity contribution in [2.45, 2.75) is 40.2 Å². The van der Waals surface area contributed by atoms with Crippen LogP contribution in [0.5, 0.6) is 11.5 Å². The van der Waals surface area contributed by atoms with Crippen molar-refractivity contribution in [2.75, 3.05) is 13.2 Å². The Morgan fingerprint density at radius 2 is 1.91 bits per heavy atom. The molecule has 1 heterocycles. The number of fused-ring (bicyclic) bond motifs is 1. The van der Waals surface area contributed by atoms with Crippen LogP contribution in [0.15, 0.2) is 41.3 Å². The van der Waals surface area contributed by atoms with E-state index in [2.05, 4.69) is 0 Å². The molecule has 2 N–H and O–H groups in total. The zero-order valence-corrected chi connectivity index (χ0v) is 20.1. The van der Waals surface area contributed by atoms with Crippen molar-refractivity contribution >= 4 is 28.7 Å². The third-order valence-electron chi connectivity index (χ3n) is 5.60. The van der Waals surface area contributed by atoms with Crippen molar-refractivity contribution in [3.8, 4) is 11.5 Å². The highest BCUT2D eigenvalue weighted by atomic mass is 35.5. The normalized spacial score (nSPS) is 12.6. The van der Waals surface area contributed by atoms with Crippen LogP contribution in [0.4, 0.5) is 9.18 Å². The predicted molar refractivity (Wildman–Crippen MR) is 128 cm³/mol. The topological polar surface area (TPSA) is 98.0 Å². The number of ether oxygens (including phenoxy) is 2. The third kappa shape index (κ3) is 5.18. The molecule has 3 rings (SSSR count). The van der Waals surface area contributed by atoms with Crippen LogP contribution in [-0.2, 0) is 6.42 Å². The molecule has 0 fully saturated rings. The van der Waals surface area contributed by atoms with Gasteiger partial charge in [0.25, 0.3) is 0 Å². The second kappa shape index (κ2) is 10.0.